The highest BCUT2D eigenvalue weighted by atomic mass is 16.5. The number of aryl methyl sites for hydroxylation is 3. The zero-order valence-corrected chi connectivity index (χ0v) is 18.8. The molecule has 1 aliphatic rings. The van der Waals surface area contributed by atoms with Crippen LogP contribution in [0.25, 0.3) is 22.4 Å². The van der Waals surface area contributed by atoms with Crippen molar-refractivity contribution in [1.82, 2.24) is 20.4 Å². The molecule has 1 N–H and O–H groups in total. The number of ether oxygens (including phenoxy) is 1. The van der Waals surface area contributed by atoms with E-state index in [4.69, 9.17) is 13.7 Å². The van der Waals surface area contributed by atoms with Gasteiger partial charge in [0.05, 0.1) is 35.6 Å². The monoisotopic (exact) mass is 447 g/mol. The zero-order valence-electron chi connectivity index (χ0n) is 18.8. The van der Waals surface area contributed by atoms with Gasteiger partial charge in [-0.1, -0.05) is 11.2 Å². The van der Waals surface area contributed by atoms with Crippen LogP contribution < -0.4 is 10.2 Å². The van der Waals surface area contributed by atoms with Gasteiger partial charge in [-0.3, -0.25) is 4.79 Å². The first-order chi connectivity index (χ1) is 16.0. The second-order valence-corrected chi connectivity index (χ2v) is 8.10. The Morgan fingerprint density at radius 1 is 1.18 bits per heavy atom. The number of carbonyl (C=O) groups is 1. The van der Waals surface area contributed by atoms with Crippen molar-refractivity contribution in [1.29, 1.82) is 0 Å². The molecule has 0 aromatic carbocycles. The average Bonchev–Trinajstić information content (AvgIpc) is 3.38. The highest BCUT2D eigenvalue weighted by Gasteiger charge is 2.22. The summed E-state index contributed by atoms with van der Waals surface area (Å²) in [5.74, 6) is 2.14. The molecule has 4 aromatic rings. The van der Waals surface area contributed by atoms with Crippen molar-refractivity contribution in [2.75, 3.05) is 31.2 Å². The molecule has 1 fully saturated rings. The van der Waals surface area contributed by atoms with Gasteiger partial charge in [-0.25, -0.2) is 9.97 Å². The molecule has 9 nitrogen and oxygen atoms in total. The fourth-order valence-corrected chi connectivity index (χ4v) is 4.20. The van der Waals surface area contributed by atoms with Crippen LogP contribution in [0.5, 0.6) is 0 Å². The van der Waals surface area contributed by atoms with E-state index < -0.39 is 0 Å². The maximum absolute atomic E-state index is 13.4. The molecule has 0 spiro atoms. The minimum atomic E-state index is -0.232. The molecular formula is C24H25N5O4. The fraction of sp³-hybridized carbons (Fsp3) is 0.333. The third-order valence-electron chi connectivity index (χ3n) is 5.80. The van der Waals surface area contributed by atoms with Crippen LogP contribution >= 0.6 is 0 Å². The maximum atomic E-state index is 13.4. The number of nitrogens with one attached hydrogen (secondary N) is 1. The summed E-state index contributed by atoms with van der Waals surface area (Å²) in [7, 11) is 0. The van der Waals surface area contributed by atoms with Crippen molar-refractivity contribution in [3.05, 3.63) is 58.8 Å². The van der Waals surface area contributed by atoms with Crippen molar-refractivity contribution >= 4 is 22.8 Å². The predicted molar refractivity (Wildman–Crippen MR) is 122 cm³/mol. The molecule has 170 valence electrons. The Bertz CT molecular complexity index is 1320. The van der Waals surface area contributed by atoms with Gasteiger partial charge >= 0.3 is 0 Å². The number of rotatable bonds is 5. The average molecular weight is 447 g/mol. The number of hydrogen-bond acceptors (Lipinski definition) is 8. The van der Waals surface area contributed by atoms with Crippen molar-refractivity contribution in [2.24, 2.45) is 0 Å². The number of fused-ring (bicyclic) bond motifs is 1. The molecule has 4 aromatic heterocycles. The quantitative estimate of drug-likeness (QED) is 0.495. The van der Waals surface area contributed by atoms with E-state index in [-0.39, 0.29) is 5.91 Å². The Morgan fingerprint density at radius 3 is 2.76 bits per heavy atom. The number of hydrogen-bond donors (Lipinski definition) is 1. The van der Waals surface area contributed by atoms with E-state index in [2.05, 4.69) is 25.3 Å². The van der Waals surface area contributed by atoms with Crippen LogP contribution in [0.15, 0.2) is 39.4 Å². The molecule has 0 bridgehead atoms. The first-order valence-electron chi connectivity index (χ1n) is 10.9. The van der Waals surface area contributed by atoms with Gasteiger partial charge in [0.25, 0.3) is 11.6 Å². The summed E-state index contributed by atoms with van der Waals surface area (Å²) in [4.78, 5) is 24.7. The fourth-order valence-electron chi connectivity index (χ4n) is 4.20. The molecule has 33 heavy (non-hydrogen) atoms. The van der Waals surface area contributed by atoms with Crippen LogP contribution in [0, 0.1) is 20.8 Å². The van der Waals surface area contributed by atoms with Gasteiger partial charge in [0.2, 0.25) is 0 Å². The number of anilines is 1. The standard InChI is InChI=1S/C24H25N5O4/c1-14-11-18(16(3)32-14)20-12-19(21-15(2)28-33-24(21)27-20)23(30)26-13-17-5-4-6-25-22(17)29-7-9-31-10-8-29/h4-6,11-12H,7-10,13H2,1-3H3,(H,26,30). The van der Waals surface area contributed by atoms with E-state index >= 15 is 0 Å². The molecule has 0 unspecified atom stereocenters. The SMILES string of the molecule is Cc1cc(-c2cc(C(=O)NCc3cccnc3N3CCOCC3)c3c(C)noc3n2)c(C)o1. The number of carbonyl (C=O) groups excluding carboxylic acids is 1. The van der Waals surface area contributed by atoms with Gasteiger partial charge in [0.1, 0.15) is 17.3 Å². The lowest BCUT2D eigenvalue weighted by Crippen LogP contribution is -2.37. The summed E-state index contributed by atoms with van der Waals surface area (Å²) in [5.41, 5.74) is 3.77. The molecule has 1 amide bonds. The van der Waals surface area contributed by atoms with Crippen LogP contribution in [0.3, 0.4) is 0 Å². The van der Waals surface area contributed by atoms with E-state index in [9.17, 15) is 4.79 Å². The predicted octanol–water partition coefficient (Wildman–Crippen LogP) is 3.57. The summed E-state index contributed by atoms with van der Waals surface area (Å²) < 4.78 is 16.5. The molecule has 0 atom stereocenters. The molecule has 5 rings (SSSR count). The number of furan rings is 1. The largest absolute Gasteiger partial charge is 0.466 e. The topological polar surface area (TPSA) is 107 Å². The lowest BCUT2D eigenvalue weighted by molar-refractivity contribution is 0.0952. The van der Waals surface area contributed by atoms with E-state index in [1.807, 2.05) is 32.0 Å². The van der Waals surface area contributed by atoms with Crippen molar-refractivity contribution in [3.8, 4) is 11.3 Å². The molecule has 0 radical (unpaired) electrons. The summed E-state index contributed by atoms with van der Waals surface area (Å²) in [5, 5.41) is 7.68. The minimum absolute atomic E-state index is 0.232. The third-order valence-corrected chi connectivity index (χ3v) is 5.80. The van der Waals surface area contributed by atoms with Crippen molar-refractivity contribution in [2.45, 2.75) is 27.3 Å². The van der Waals surface area contributed by atoms with Crippen LogP contribution in [0.2, 0.25) is 0 Å². The van der Waals surface area contributed by atoms with Gasteiger partial charge in [0.15, 0.2) is 0 Å². The molecule has 0 saturated carbocycles. The van der Waals surface area contributed by atoms with Crippen LogP contribution in [-0.4, -0.2) is 47.3 Å². The van der Waals surface area contributed by atoms with Gasteiger partial charge in [-0.05, 0) is 39.0 Å². The van der Waals surface area contributed by atoms with Gasteiger partial charge in [-0.2, -0.15) is 0 Å². The summed E-state index contributed by atoms with van der Waals surface area (Å²) >= 11 is 0. The Labute approximate surface area is 190 Å². The summed E-state index contributed by atoms with van der Waals surface area (Å²) in [6, 6.07) is 7.53. The molecule has 1 aliphatic heterocycles. The smallest absolute Gasteiger partial charge is 0.259 e. The first kappa shape index (κ1) is 21.1. The normalized spacial score (nSPS) is 14.1. The van der Waals surface area contributed by atoms with E-state index in [0.717, 1.165) is 41.6 Å². The third kappa shape index (κ3) is 4.07. The van der Waals surface area contributed by atoms with Crippen molar-refractivity contribution < 1.29 is 18.5 Å². The van der Waals surface area contributed by atoms with Crippen molar-refractivity contribution in [3.63, 3.8) is 0 Å². The lowest BCUT2D eigenvalue weighted by atomic mass is 10.1. The number of pyridine rings is 2. The highest BCUT2D eigenvalue weighted by Crippen LogP contribution is 2.30. The number of aromatic nitrogens is 3. The Kier molecular flexibility index (Phi) is 5.55. The number of nitrogens with zero attached hydrogens (tertiary/aromatic N) is 4. The molecule has 9 heteroatoms. The number of morpholine rings is 1. The first-order valence-corrected chi connectivity index (χ1v) is 10.9. The Hall–Kier alpha value is -3.72. The Balaban J connectivity index is 1.46. The second-order valence-electron chi connectivity index (χ2n) is 8.10. The van der Waals surface area contributed by atoms with E-state index in [0.29, 0.717) is 47.8 Å². The highest BCUT2D eigenvalue weighted by molar-refractivity contribution is 6.07. The van der Waals surface area contributed by atoms with Gasteiger partial charge in [-0.15, -0.1) is 0 Å². The van der Waals surface area contributed by atoms with Gasteiger partial charge in [0, 0.05) is 37.0 Å². The molecule has 5 heterocycles. The Morgan fingerprint density at radius 2 is 2.00 bits per heavy atom. The summed E-state index contributed by atoms with van der Waals surface area (Å²) in [6.07, 6.45) is 1.77. The lowest BCUT2D eigenvalue weighted by Gasteiger charge is -2.29. The molecule has 0 aliphatic carbocycles. The zero-order chi connectivity index (χ0) is 22.9. The maximum Gasteiger partial charge on any atom is 0.259 e. The number of amides is 1. The summed E-state index contributed by atoms with van der Waals surface area (Å²) in [6.45, 7) is 8.77. The molecular weight excluding hydrogens is 422 g/mol. The molecule has 1 saturated heterocycles. The van der Waals surface area contributed by atoms with Gasteiger partial charge < -0.3 is 23.9 Å². The van der Waals surface area contributed by atoms with Crippen LogP contribution in [-0.2, 0) is 11.3 Å². The van der Waals surface area contributed by atoms with E-state index in [1.54, 1.807) is 19.2 Å². The van der Waals surface area contributed by atoms with Crippen LogP contribution in [0.1, 0.15) is 33.1 Å². The van der Waals surface area contributed by atoms with E-state index in [1.165, 1.54) is 0 Å². The van der Waals surface area contributed by atoms with Crippen LogP contribution in [0.4, 0.5) is 5.82 Å². The minimum Gasteiger partial charge on any atom is -0.466 e. The second kappa shape index (κ2) is 8.67.